The number of aryl methyl sites for hydroxylation is 1. The summed E-state index contributed by atoms with van der Waals surface area (Å²) < 4.78 is 0. The van der Waals surface area contributed by atoms with Gasteiger partial charge in [0.1, 0.15) is 5.82 Å². The first-order chi connectivity index (χ1) is 11.2. The topological polar surface area (TPSA) is 77.2 Å². The average Bonchev–Trinajstić information content (AvgIpc) is 3.10. The first kappa shape index (κ1) is 15.5. The standard InChI is InChI=1S/C16H22N6O/c1-3-21-8-9-22(11-14(21)15-18-6-7-19-15)16(23)20-13-10-17-5-4-12(13)2/h4-7,10,14H,3,8-9,11H2,1-2H3,(H,18,19)(H,20,23). The van der Waals surface area contributed by atoms with E-state index in [1.807, 2.05) is 24.1 Å². The van der Waals surface area contributed by atoms with Crippen LogP contribution in [0.2, 0.25) is 0 Å². The molecule has 0 radical (unpaired) electrons. The number of hydrogen-bond acceptors (Lipinski definition) is 4. The minimum absolute atomic E-state index is 0.0894. The van der Waals surface area contributed by atoms with E-state index in [4.69, 9.17) is 0 Å². The maximum atomic E-state index is 12.6. The van der Waals surface area contributed by atoms with Gasteiger partial charge in [-0.1, -0.05) is 6.92 Å². The lowest BCUT2D eigenvalue weighted by molar-refractivity contribution is 0.0946. The fraction of sp³-hybridized carbons (Fsp3) is 0.438. The highest BCUT2D eigenvalue weighted by Gasteiger charge is 2.31. The largest absolute Gasteiger partial charge is 0.347 e. The van der Waals surface area contributed by atoms with E-state index in [2.05, 4.69) is 32.1 Å². The van der Waals surface area contributed by atoms with E-state index in [9.17, 15) is 4.79 Å². The van der Waals surface area contributed by atoms with Crippen LogP contribution in [0.1, 0.15) is 24.4 Å². The van der Waals surface area contributed by atoms with Crippen LogP contribution in [-0.2, 0) is 0 Å². The number of urea groups is 1. The molecule has 0 saturated carbocycles. The third-order valence-electron chi connectivity index (χ3n) is 4.30. The quantitative estimate of drug-likeness (QED) is 0.908. The van der Waals surface area contributed by atoms with Crippen molar-refractivity contribution in [3.05, 3.63) is 42.2 Å². The number of nitrogens with one attached hydrogen (secondary N) is 2. The van der Waals surface area contributed by atoms with Crippen molar-refractivity contribution in [3.63, 3.8) is 0 Å². The Hall–Kier alpha value is -2.41. The van der Waals surface area contributed by atoms with Gasteiger partial charge in [-0.3, -0.25) is 9.88 Å². The molecule has 1 saturated heterocycles. The van der Waals surface area contributed by atoms with Crippen molar-refractivity contribution >= 4 is 11.7 Å². The van der Waals surface area contributed by atoms with Gasteiger partial charge in [0.25, 0.3) is 0 Å². The number of H-pyrrole nitrogens is 1. The second-order valence-electron chi connectivity index (χ2n) is 5.69. The number of imidazole rings is 1. The summed E-state index contributed by atoms with van der Waals surface area (Å²) in [5, 5.41) is 2.95. The number of aromatic nitrogens is 3. The Bertz CT molecular complexity index is 656. The van der Waals surface area contributed by atoms with Gasteiger partial charge >= 0.3 is 6.03 Å². The Morgan fingerprint density at radius 1 is 1.43 bits per heavy atom. The summed E-state index contributed by atoms with van der Waals surface area (Å²) in [6.45, 7) is 7.18. The fourth-order valence-corrected chi connectivity index (χ4v) is 2.89. The Labute approximate surface area is 135 Å². The molecule has 122 valence electrons. The summed E-state index contributed by atoms with van der Waals surface area (Å²) >= 11 is 0. The van der Waals surface area contributed by atoms with Gasteiger partial charge in [0.2, 0.25) is 0 Å². The molecule has 2 aromatic heterocycles. The molecule has 3 heterocycles. The van der Waals surface area contributed by atoms with Gasteiger partial charge in [-0.2, -0.15) is 0 Å². The summed E-state index contributed by atoms with van der Waals surface area (Å²) in [6, 6.07) is 1.90. The highest BCUT2D eigenvalue weighted by Crippen LogP contribution is 2.23. The lowest BCUT2D eigenvalue weighted by atomic mass is 10.1. The van der Waals surface area contributed by atoms with Crippen molar-refractivity contribution < 1.29 is 4.79 Å². The number of pyridine rings is 1. The van der Waals surface area contributed by atoms with Crippen LogP contribution < -0.4 is 5.32 Å². The monoisotopic (exact) mass is 314 g/mol. The van der Waals surface area contributed by atoms with Crippen molar-refractivity contribution in [1.82, 2.24) is 24.8 Å². The van der Waals surface area contributed by atoms with Crippen LogP contribution in [0.4, 0.5) is 10.5 Å². The predicted octanol–water partition coefficient (Wildman–Crippen LogP) is 2.02. The van der Waals surface area contributed by atoms with Crippen molar-refractivity contribution in [3.8, 4) is 0 Å². The number of aromatic amines is 1. The molecule has 0 aliphatic carbocycles. The molecule has 2 amide bonds. The molecule has 0 bridgehead atoms. The predicted molar refractivity (Wildman–Crippen MR) is 88.1 cm³/mol. The highest BCUT2D eigenvalue weighted by molar-refractivity contribution is 5.90. The molecular formula is C16H22N6O. The molecule has 1 atom stereocenters. The molecule has 2 aromatic rings. The molecule has 1 aliphatic rings. The Morgan fingerprint density at radius 2 is 2.30 bits per heavy atom. The molecule has 1 aliphatic heterocycles. The van der Waals surface area contributed by atoms with Crippen LogP contribution in [0.3, 0.4) is 0 Å². The Morgan fingerprint density at radius 3 is 3.00 bits per heavy atom. The van der Waals surface area contributed by atoms with Crippen molar-refractivity contribution in [2.75, 3.05) is 31.5 Å². The van der Waals surface area contributed by atoms with Gasteiger partial charge in [0, 0.05) is 38.2 Å². The van der Waals surface area contributed by atoms with Crippen LogP contribution in [0.15, 0.2) is 30.9 Å². The number of nitrogens with zero attached hydrogens (tertiary/aromatic N) is 4. The zero-order valence-electron chi connectivity index (χ0n) is 13.5. The summed E-state index contributed by atoms with van der Waals surface area (Å²) in [5.41, 5.74) is 1.76. The smallest absolute Gasteiger partial charge is 0.322 e. The maximum absolute atomic E-state index is 12.6. The van der Waals surface area contributed by atoms with Crippen LogP contribution in [-0.4, -0.2) is 57.0 Å². The van der Waals surface area contributed by atoms with Crippen LogP contribution in [0.25, 0.3) is 0 Å². The summed E-state index contributed by atoms with van der Waals surface area (Å²) in [5.74, 6) is 0.905. The molecule has 7 nitrogen and oxygen atoms in total. The third kappa shape index (κ3) is 3.34. The minimum atomic E-state index is -0.0894. The molecular weight excluding hydrogens is 292 g/mol. The van der Waals surface area contributed by atoms with Gasteiger partial charge in [-0.05, 0) is 25.1 Å². The van der Waals surface area contributed by atoms with Gasteiger partial charge in [-0.25, -0.2) is 9.78 Å². The number of anilines is 1. The van der Waals surface area contributed by atoms with Crippen LogP contribution in [0.5, 0.6) is 0 Å². The molecule has 1 fully saturated rings. The molecule has 23 heavy (non-hydrogen) atoms. The van der Waals surface area contributed by atoms with Crippen molar-refractivity contribution in [2.45, 2.75) is 19.9 Å². The van der Waals surface area contributed by atoms with Gasteiger partial charge in [0.05, 0.1) is 17.9 Å². The fourth-order valence-electron chi connectivity index (χ4n) is 2.89. The Balaban J connectivity index is 1.71. The zero-order valence-corrected chi connectivity index (χ0v) is 13.5. The molecule has 3 rings (SSSR count). The number of piperazine rings is 1. The number of amides is 2. The van der Waals surface area contributed by atoms with E-state index in [1.165, 1.54) is 0 Å². The third-order valence-corrected chi connectivity index (χ3v) is 4.30. The van der Waals surface area contributed by atoms with Gasteiger partial charge in [0.15, 0.2) is 0 Å². The summed E-state index contributed by atoms with van der Waals surface area (Å²) in [7, 11) is 0. The van der Waals surface area contributed by atoms with E-state index in [-0.39, 0.29) is 12.1 Å². The molecule has 2 N–H and O–H groups in total. The SMILES string of the molecule is CCN1CCN(C(=O)Nc2cnccc2C)CC1c1ncc[nH]1. The minimum Gasteiger partial charge on any atom is -0.347 e. The highest BCUT2D eigenvalue weighted by atomic mass is 16.2. The summed E-state index contributed by atoms with van der Waals surface area (Å²) in [6.07, 6.45) is 6.97. The molecule has 7 heteroatoms. The zero-order chi connectivity index (χ0) is 16.2. The van der Waals surface area contributed by atoms with Crippen LogP contribution in [0, 0.1) is 6.92 Å². The van der Waals surface area contributed by atoms with E-state index in [0.717, 1.165) is 30.2 Å². The normalized spacial score (nSPS) is 18.9. The first-order valence-electron chi connectivity index (χ1n) is 7.89. The van der Waals surface area contributed by atoms with E-state index in [0.29, 0.717) is 13.1 Å². The molecule has 0 aromatic carbocycles. The number of carbonyl (C=O) groups excluding carboxylic acids is 1. The van der Waals surface area contributed by atoms with Crippen molar-refractivity contribution in [1.29, 1.82) is 0 Å². The number of likely N-dealkylation sites (N-methyl/N-ethyl adjacent to an activating group) is 1. The second kappa shape index (κ2) is 6.78. The lowest BCUT2D eigenvalue weighted by Gasteiger charge is -2.40. The maximum Gasteiger partial charge on any atom is 0.322 e. The summed E-state index contributed by atoms with van der Waals surface area (Å²) in [4.78, 5) is 28.3. The van der Waals surface area contributed by atoms with E-state index >= 15 is 0 Å². The van der Waals surface area contributed by atoms with Crippen molar-refractivity contribution in [2.24, 2.45) is 0 Å². The first-order valence-corrected chi connectivity index (χ1v) is 7.89. The second-order valence-corrected chi connectivity index (χ2v) is 5.69. The Kier molecular flexibility index (Phi) is 4.57. The molecule has 1 unspecified atom stereocenters. The average molecular weight is 314 g/mol. The number of hydrogen-bond donors (Lipinski definition) is 2. The molecule has 0 spiro atoms. The van der Waals surface area contributed by atoms with Crippen LogP contribution >= 0.6 is 0 Å². The van der Waals surface area contributed by atoms with E-state index in [1.54, 1.807) is 18.6 Å². The number of carbonyl (C=O) groups is 1. The van der Waals surface area contributed by atoms with E-state index < -0.39 is 0 Å². The van der Waals surface area contributed by atoms with Gasteiger partial charge in [-0.15, -0.1) is 0 Å². The number of rotatable bonds is 3. The van der Waals surface area contributed by atoms with Gasteiger partial charge < -0.3 is 15.2 Å². The lowest BCUT2D eigenvalue weighted by Crippen LogP contribution is -2.51.